The molecule has 0 unspecified atom stereocenters. The summed E-state index contributed by atoms with van der Waals surface area (Å²) in [6.07, 6.45) is 2.44. The zero-order chi connectivity index (χ0) is 14.4. The molecule has 20 heavy (non-hydrogen) atoms. The van der Waals surface area contributed by atoms with Gasteiger partial charge in [0.1, 0.15) is 6.04 Å². The van der Waals surface area contributed by atoms with Crippen LogP contribution in [0.15, 0.2) is 24.4 Å². The smallest absolute Gasteiger partial charge is 0.238 e. The maximum absolute atomic E-state index is 12.0. The Morgan fingerprint density at radius 3 is 3.05 bits per heavy atom. The van der Waals surface area contributed by atoms with Gasteiger partial charge in [-0.25, -0.2) is 0 Å². The average Bonchev–Trinajstić information content (AvgIpc) is 2.48. The Labute approximate surface area is 118 Å². The highest BCUT2D eigenvalue weighted by Gasteiger charge is 2.26. The molecule has 1 atom stereocenters. The first kappa shape index (κ1) is 14.5. The summed E-state index contributed by atoms with van der Waals surface area (Å²) in [5.41, 5.74) is 0.953. The van der Waals surface area contributed by atoms with Gasteiger partial charge in [-0.15, -0.1) is 0 Å². The lowest BCUT2D eigenvalue weighted by Crippen LogP contribution is -2.58. The molecule has 1 fully saturated rings. The Kier molecular flexibility index (Phi) is 5.06. The van der Waals surface area contributed by atoms with Crippen molar-refractivity contribution in [3.05, 3.63) is 30.1 Å². The van der Waals surface area contributed by atoms with Gasteiger partial charge in [0, 0.05) is 51.4 Å². The maximum atomic E-state index is 12.0. The second kappa shape index (κ2) is 7.00. The average molecular weight is 276 g/mol. The predicted octanol–water partition coefficient (Wildman–Crippen LogP) is -0.439. The molecule has 6 nitrogen and oxygen atoms in total. The molecule has 2 amide bonds. The molecule has 0 aliphatic carbocycles. The van der Waals surface area contributed by atoms with Gasteiger partial charge in [-0.2, -0.15) is 0 Å². The summed E-state index contributed by atoms with van der Waals surface area (Å²) in [4.78, 5) is 29.2. The quantitative estimate of drug-likeness (QED) is 0.782. The fourth-order valence-electron chi connectivity index (χ4n) is 2.19. The van der Waals surface area contributed by atoms with E-state index >= 15 is 0 Å². The Morgan fingerprint density at radius 2 is 2.35 bits per heavy atom. The van der Waals surface area contributed by atoms with Gasteiger partial charge in [-0.3, -0.25) is 14.6 Å². The summed E-state index contributed by atoms with van der Waals surface area (Å²) in [5.74, 6) is -0.0512. The molecule has 2 N–H and O–H groups in total. The van der Waals surface area contributed by atoms with Gasteiger partial charge >= 0.3 is 0 Å². The first-order valence-electron chi connectivity index (χ1n) is 6.83. The Morgan fingerprint density at radius 1 is 1.50 bits per heavy atom. The number of hydrogen-bond donors (Lipinski definition) is 2. The highest BCUT2D eigenvalue weighted by atomic mass is 16.2. The van der Waals surface area contributed by atoms with Gasteiger partial charge in [0.05, 0.1) is 0 Å². The molecule has 1 aromatic heterocycles. The summed E-state index contributed by atoms with van der Waals surface area (Å²) in [6.45, 7) is 3.82. The summed E-state index contributed by atoms with van der Waals surface area (Å²) in [6, 6.07) is 5.40. The monoisotopic (exact) mass is 276 g/mol. The molecule has 0 saturated carbocycles. The van der Waals surface area contributed by atoms with E-state index in [2.05, 4.69) is 15.6 Å². The molecule has 0 aromatic carbocycles. The van der Waals surface area contributed by atoms with Gasteiger partial charge < -0.3 is 15.5 Å². The molecule has 1 saturated heterocycles. The highest BCUT2D eigenvalue weighted by Crippen LogP contribution is 2.00. The maximum Gasteiger partial charge on any atom is 0.238 e. The van der Waals surface area contributed by atoms with E-state index in [1.165, 1.54) is 6.92 Å². The third-order valence-corrected chi connectivity index (χ3v) is 3.34. The van der Waals surface area contributed by atoms with Crippen LogP contribution in [0.3, 0.4) is 0 Å². The normalized spacial score (nSPS) is 18.6. The Bertz CT molecular complexity index is 464. The third-order valence-electron chi connectivity index (χ3n) is 3.34. The number of pyridine rings is 1. The molecule has 108 valence electrons. The van der Waals surface area contributed by atoms with Crippen molar-refractivity contribution in [3.63, 3.8) is 0 Å². The van der Waals surface area contributed by atoms with Gasteiger partial charge in [-0.1, -0.05) is 6.07 Å². The van der Waals surface area contributed by atoms with E-state index in [4.69, 9.17) is 0 Å². The van der Waals surface area contributed by atoms with Crippen molar-refractivity contribution in [1.29, 1.82) is 0 Å². The van der Waals surface area contributed by atoms with Crippen LogP contribution in [0.25, 0.3) is 0 Å². The Hall–Kier alpha value is -1.95. The number of nitrogens with zero attached hydrogens (tertiary/aromatic N) is 2. The lowest BCUT2D eigenvalue weighted by Gasteiger charge is -2.32. The van der Waals surface area contributed by atoms with Crippen LogP contribution in [0.2, 0.25) is 0 Å². The highest BCUT2D eigenvalue weighted by molar-refractivity contribution is 5.83. The van der Waals surface area contributed by atoms with E-state index in [1.807, 2.05) is 18.2 Å². The van der Waals surface area contributed by atoms with Crippen molar-refractivity contribution in [2.75, 3.05) is 26.2 Å². The van der Waals surface area contributed by atoms with E-state index in [0.29, 0.717) is 32.6 Å². The molecule has 6 heteroatoms. The van der Waals surface area contributed by atoms with Gasteiger partial charge in [-0.05, 0) is 12.1 Å². The third kappa shape index (κ3) is 4.03. The minimum atomic E-state index is -0.323. The van der Waals surface area contributed by atoms with Crippen LogP contribution in [0.4, 0.5) is 0 Å². The van der Waals surface area contributed by atoms with Crippen molar-refractivity contribution in [2.45, 2.75) is 19.4 Å². The second-order valence-corrected chi connectivity index (χ2v) is 4.83. The standard InChI is InChI=1S/C14H20N4O2/c1-11(19)18-9-8-16-13(10-18)14(20)17-7-5-12-4-2-3-6-15-12/h2-4,6,13,16H,5,7-10H2,1H3,(H,17,20)/t13-/m0/s1. The van der Waals surface area contributed by atoms with Crippen molar-refractivity contribution < 1.29 is 9.59 Å². The number of carbonyl (C=O) groups is 2. The summed E-state index contributed by atoms with van der Waals surface area (Å²) in [5, 5.41) is 6.01. The number of amides is 2. The predicted molar refractivity (Wildman–Crippen MR) is 75.0 cm³/mol. The topological polar surface area (TPSA) is 74.3 Å². The molecule has 2 heterocycles. The molecule has 1 aromatic rings. The van der Waals surface area contributed by atoms with Crippen molar-refractivity contribution in [2.24, 2.45) is 0 Å². The van der Waals surface area contributed by atoms with E-state index in [-0.39, 0.29) is 17.9 Å². The lowest BCUT2D eigenvalue weighted by atomic mass is 10.2. The number of rotatable bonds is 4. The van der Waals surface area contributed by atoms with Crippen LogP contribution in [-0.2, 0) is 16.0 Å². The van der Waals surface area contributed by atoms with Crippen molar-refractivity contribution in [3.8, 4) is 0 Å². The SMILES string of the molecule is CC(=O)N1CCN[C@H](C(=O)NCCc2ccccn2)C1. The number of aromatic nitrogens is 1. The fraction of sp³-hybridized carbons (Fsp3) is 0.500. The van der Waals surface area contributed by atoms with Gasteiger partial charge in [0.25, 0.3) is 0 Å². The lowest BCUT2D eigenvalue weighted by molar-refractivity contribution is -0.132. The van der Waals surface area contributed by atoms with Gasteiger partial charge in [0.15, 0.2) is 0 Å². The fourth-order valence-corrected chi connectivity index (χ4v) is 2.19. The first-order valence-corrected chi connectivity index (χ1v) is 6.83. The number of hydrogen-bond acceptors (Lipinski definition) is 4. The molecule has 0 bridgehead atoms. The molecule has 0 radical (unpaired) electrons. The molecule has 1 aliphatic heterocycles. The molecular weight excluding hydrogens is 256 g/mol. The van der Waals surface area contributed by atoms with E-state index in [9.17, 15) is 9.59 Å². The van der Waals surface area contributed by atoms with Crippen molar-refractivity contribution in [1.82, 2.24) is 20.5 Å². The molecular formula is C14H20N4O2. The van der Waals surface area contributed by atoms with Crippen LogP contribution in [0, 0.1) is 0 Å². The summed E-state index contributed by atoms with van der Waals surface area (Å²) in [7, 11) is 0. The molecule has 2 rings (SSSR count). The Balaban J connectivity index is 1.75. The molecule has 1 aliphatic rings. The minimum Gasteiger partial charge on any atom is -0.354 e. The molecule has 0 spiro atoms. The second-order valence-electron chi connectivity index (χ2n) is 4.83. The van der Waals surface area contributed by atoms with Crippen LogP contribution in [0.5, 0.6) is 0 Å². The van der Waals surface area contributed by atoms with Crippen LogP contribution >= 0.6 is 0 Å². The van der Waals surface area contributed by atoms with Crippen LogP contribution < -0.4 is 10.6 Å². The first-order chi connectivity index (χ1) is 9.66. The largest absolute Gasteiger partial charge is 0.354 e. The van der Waals surface area contributed by atoms with E-state index in [1.54, 1.807) is 11.1 Å². The van der Waals surface area contributed by atoms with Gasteiger partial charge in [0.2, 0.25) is 11.8 Å². The number of carbonyl (C=O) groups excluding carboxylic acids is 2. The summed E-state index contributed by atoms with van der Waals surface area (Å²) < 4.78 is 0. The zero-order valence-electron chi connectivity index (χ0n) is 11.6. The van der Waals surface area contributed by atoms with E-state index in [0.717, 1.165) is 5.69 Å². The number of piperazine rings is 1. The zero-order valence-corrected chi connectivity index (χ0v) is 11.6. The summed E-state index contributed by atoms with van der Waals surface area (Å²) >= 11 is 0. The minimum absolute atomic E-state index is 0.0118. The van der Waals surface area contributed by atoms with Crippen molar-refractivity contribution >= 4 is 11.8 Å². The van der Waals surface area contributed by atoms with Crippen LogP contribution in [-0.4, -0.2) is 53.9 Å². The number of nitrogens with one attached hydrogen (secondary N) is 2. The van der Waals surface area contributed by atoms with E-state index < -0.39 is 0 Å². The van der Waals surface area contributed by atoms with Crippen LogP contribution in [0.1, 0.15) is 12.6 Å².